The van der Waals surface area contributed by atoms with Crippen molar-refractivity contribution in [2.24, 2.45) is 5.73 Å². The molecule has 0 heterocycles. The van der Waals surface area contributed by atoms with Crippen LogP contribution in [0.4, 0.5) is 16.2 Å². The number of hydrogen-bond acceptors (Lipinski definition) is 4. The molecule has 0 unspecified atom stereocenters. The van der Waals surface area contributed by atoms with Gasteiger partial charge in [-0.25, -0.2) is 4.79 Å². The van der Waals surface area contributed by atoms with Gasteiger partial charge in [0.15, 0.2) is 0 Å². The van der Waals surface area contributed by atoms with Gasteiger partial charge in [0.2, 0.25) is 5.91 Å². The maximum Gasteiger partial charge on any atom is 0.411 e. The predicted molar refractivity (Wildman–Crippen MR) is 60.2 cm³/mol. The number of amides is 2. The third-order valence-corrected chi connectivity index (χ3v) is 1.79. The van der Waals surface area contributed by atoms with Crippen molar-refractivity contribution < 1.29 is 14.3 Å². The number of nitrogens with two attached hydrogens (primary N) is 1. The van der Waals surface area contributed by atoms with Gasteiger partial charge in [-0.15, -0.1) is 0 Å². The third kappa shape index (κ3) is 3.58. The van der Waals surface area contributed by atoms with E-state index in [2.05, 4.69) is 15.4 Å². The van der Waals surface area contributed by atoms with Crippen molar-refractivity contribution >= 4 is 23.4 Å². The third-order valence-electron chi connectivity index (χ3n) is 1.79. The minimum Gasteiger partial charge on any atom is -0.453 e. The fraction of sp³-hybridized carbons (Fsp3) is 0.200. The van der Waals surface area contributed by atoms with Crippen LogP contribution >= 0.6 is 0 Å². The number of carbonyl (C=O) groups excluding carboxylic acids is 2. The molecule has 0 saturated carbocycles. The van der Waals surface area contributed by atoms with Gasteiger partial charge >= 0.3 is 6.09 Å². The molecule has 86 valence electrons. The van der Waals surface area contributed by atoms with Crippen LogP contribution in [0.15, 0.2) is 24.3 Å². The second-order valence-corrected chi connectivity index (χ2v) is 2.95. The Bertz CT molecular complexity index is 338. The summed E-state index contributed by atoms with van der Waals surface area (Å²) < 4.78 is 4.43. The molecule has 2 amide bonds. The van der Waals surface area contributed by atoms with E-state index >= 15 is 0 Å². The fourth-order valence-electron chi connectivity index (χ4n) is 1.02. The smallest absolute Gasteiger partial charge is 0.411 e. The zero-order valence-corrected chi connectivity index (χ0v) is 8.82. The van der Waals surface area contributed by atoms with Gasteiger partial charge in [-0.05, 0) is 24.3 Å². The van der Waals surface area contributed by atoms with Crippen LogP contribution < -0.4 is 16.4 Å². The number of anilines is 2. The Morgan fingerprint density at radius 2 is 1.69 bits per heavy atom. The highest BCUT2D eigenvalue weighted by Crippen LogP contribution is 2.13. The zero-order chi connectivity index (χ0) is 12.0. The second-order valence-electron chi connectivity index (χ2n) is 2.95. The highest BCUT2D eigenvalue weighted by Gasteiger charge is 2.01. The van der Waals surface area contributed by atoms with Gasteiger partial charge in [0.25, 0.3) is 0 Å². The Balaban J connectivity index is 2.60. The summed E-state index contributed by atoms with van der Waals surface area (Å²) in [6.45, 7) is -0.0673. The lowest BCUT2D eigenvalue weighted by molar-refractivity contribution is -0.114. The molecule has 0 aliphatic carbocycles. The molecule has 0 atom stereocenters. The van der Waals surface area contributed by atoms with Gasteiger partial charge in [-0.1, -0.05) is 0 Å². The Kier molecular flexibility index (Phi) is 4.28. The molecule has 0 fully saturated rings. The molecule has 1 rings (SSSR count). The number of ether oxygens (including phenoxy) is 1. The van der Waals surface area contributed by atoms with E-state index in [0.29, 0.717) is 11.4 Å². The first-order valence-corrected chi connectivity index (χ1v) is 4.60. The van der Waals surface area contributed by atoms with Crippen LogP contribution in [0.3, 0.4) is 0 Å². The van der Waals surface area contributed by atoms with Crippen LogP contribution in [0.25, 0.3) is 0 Å². The fourth-order valence-corrected chi connectivity index (χ4v) is 1.02. The standard InChI is InChI=1S/C10H13N3O3/c1-16-10(15)13-8-4-2-7(3-5-8)12-9(14)6-11/h2-5H,6,11H2,1H3,(H,12,14)(H,13,15). The van der Waals surface area contributed by atoms with Crippen LogP contribution in [0.1, 0.15) is 0 Å². The summed E-state index contributed by atoms with van der Waals surface area (Å²) in [7, 11) is 1.28. The molecule has 6 nitrogen and oxygen atoms in total. The molecule has 16 heavy (non-hydrogen) atoms. The van der Waals surface area contributed by atoms with E-state index in [-0.39, 0.29) is 12.5 Å². The Hall–Kier alpha value is -2.08. The van der Waals surface area contributed by atoms with E-state index < -0.39 is 6.09 Å². The Morgan fingerprint density at radius 3 is 2.12 bits per heavy atom. The summed E-state index contributed by atoms with van der Waals surface area (Å²) in [6.07, 6.45) is -0.543. The minimum atomic E-state index is -0.543. The molecular formula is C10H13N3O3. The monoisotopic (exact) mass is 223 g/mol. The summed E-state index contributed by atoms with van der Waals surface area (Å²) in [5.74, 6) is -0.270. The first-order chi connectivity index (χ1) is 7.65. The zero-order valence-electron chi connectivity index (χ0n) is 8.82. The Labute approximate surface area is 92.8 Å². The lowest BCUT2D eigenvalue weighted by Gasteiger charge is -2.06. The van der Waals surface area contributed by atoms with Gasteiger partial charge < -0.3 is 15.8 Å². The van der Waals surface area contributed by atoms with Gasteiger partial charge in [0, 0.05) is 11.4 Å². The van der Waals surface area contributed by atoms with Gasteiger partial charge in [-0.3, -0.25) is 10.1 Å². The molecule has 0 radical (unpaired) electrons. The molecule has 6 heteroatoms. The largest absolute Gasteiger partial charge is 0.453 e. The van der Waals surface area contributed by atoms with Gasteiger partial charge in [0.1, 0.15) is 0 Å². The predicted octanol–water partition coefficient (Wildman–Crippen LogP) is 0.762. The van der Waals surface area contributed by atoms with Crippen LogP contribution in [0.5, 0.6) is 0 Å². The molecule has 0 bridgehead atoms. The molecule has 0 aliphatic rings. The van der Waals surface area contributed by atoms with E-state index in [9.17, 15) is 9.59 Å². The normalized spacial score (nSPS) is 9.38. The van der Waals surface area contributed by atoms with Gasteiger partial charge in [0.05, 0.1) is 13.7 Å². The Morgan fingerprint density at radius 1 is 1.19 bits per heavy atom. The summed E-state index contributed by atoms with van der Waals surface area (Å²) in [5, 5.41) is 5.07. The molecule has 0 spiro atoms. The SMILES string of the molecule is COC(=O)Nc1ccc(NC(=O)CN)cc1. The van der Waals surface area contributed by atoms with Crippen LogP contribution in [0, 0.1) is 0 Å². The number of rotatable bonds is 3. The average molecular weight is 223 g/mol. The molecular weight excluding hydrogens is 210 g/mol. The molecule has 1 aromatic carbocycles. The number of nitrogens with one attached hydrogen (secondary N) is 2. The number of carbonyl (C=O) groups is 2. The average Bonchev–Trinajstić information content (AvgIpc) is 2.31. The molecule has 1 aromatic rings. The van der Waals surface area contributed by atoms with Crippen molar-refractivity contribution in [1.82, 2.24) is 0 Å². The number of hydrogen-bond donors (Lipinski definition) is 3. The van der Waals surface area contributed by atoms with Crippen molar-refractivity contribution in [1.29, 1.82) is 0 Å². The number of methoxy groups -OCH3 is 1. The topological polar surface area (TPSA) is 93.5 Å². The summed E-state index contributed by atoms with van der Waals surface area (Å²) >= 11 is 0. The van der Waals surface area contributed by atoms with Gasteiger partial charge in [-0.2, -0.15) is 0 Å². The molecule has 0 aromatic heterocycles. The van der Waals surface area contributed by atoms with Crippen molar-refractivity contribution in [3.63, 3.8) is 0 Å². The minimum absolute atomic E-state index is 0.0673. The highest BCUT2D eigenvalue weighted by atomic mass is 16.5. The first kappa shape index (κ1) is 12.0. The van der Waals surface area contributed by atoms with E-state index in [1.165, 1.54) is 7.11 Å². The quantitative estimate of drug-likeness (QED) is 0.705. The van der Waals surface area contributed by atoms with E-state index in [4.69, 9.17) is 5.73 Å². The van der Waals surface area contributed by atoms with Crippen molar-refractivity contribution in [3.05, 3.63) is 24.3 Å². The van der Waals surface area contributed by atoms with Crippen molar-refractivity contribution in [3.8, 4) is 0 Å². The lowest BCUT2D eigenvalue weighted by Crippen LogP contribution is -2.21. The summed E-state index contributed by atoms with van der Waals surface area (Å²) in [4.78, 5) is 21.8. The van der Waals surface area contributed by atoms with Crippen LogP contribution in [-0.2, 0) is 9.53 Å². The maximum atomic E-state index is 11.0. The summed E-state index contributed by atoms with van der Waals surface area (Å²) in [6, 6.07) is 6.59. The molecule has 0 saturated heterocycles. The highest BCUT2D eigenvalue weighted by molar-refractivity contribution is 5.92. The van der Waals surface area contributed by atoms with E-state index in [1.54, 1.807) is 24.3 Å². The van der Waals surface area contributed by atoms with E-state index in [0.717, 1.165) is 0 Å². The first-order valence-electron chi connectivity index (χ1n) is 4.60. The van der Waals surface area contributed by atoms with Crippen molar-refractivity contribution in [2.45, 2.75) is 0 Å². The van der Waals surface area contributed by atoms with Crippen LogP contribution in [0.2, 0.25) is 0 Å². The van der Waals surface area contributed by atoms with Crippen LogP contribution in [-0.4, -0.2) is 25.7 Å². The molecule has 0 aliphatic heterocycles. The maximum absolute atomic E-state index is 11.0. The lowest BCUT2D eigenvalue weighted by atomic mass is 10.3. The summed E-state index contributed by atoms with van der Waals surface area (Å²) in [5.41, 5.74) is 6.35. The van der Waals surface area contributed by atoms with E-state index in [1.807, 2.05) is 0 Å². The second kappa shape index (κ2) is 5.72. The molecule has 4 N–H and O–H groups in total. The van der Waals surface area contributed by atoms with Crippen molar-refractivity contribution in [2.75, 3.05) is 24.3 Å². The number of benzene rings is 1.